The second kappa shape index (κ2) is 8.02. The Labute approximate surface area is 154 Å². The standard InChI is InChI=1S/C15H22O5S.Na/c1-10(9-15(2,3)4)8-12(16)11-6-5-7-13(14(11)17)21(18,19)20;/h5-7,10,13H,8-9H2,1-4H3,(H,18,19,20);/q;+1/p-1. The molecule has 7 heteroatoms. The fourth-order valence-corrected chi connectivity index (χ4v) is 3.25. The third-order valence-electron chi connectivity index (χ3n) is 3.18. The van der Waals surface area contributed by atoms with Gasteiger partial charge in [0, 0.05) is 6.42 Å². The third kappa shape index (κ3) is 6.46. The maximum atomic E-state index is 12.2. The summed E-state index contributed by atoms with van der Waals surface area (Å²) < 4.78 is 33.0. The molecule has 22 heavy (non-hydrogen) atoms. The monoisotopic (exact) mass is 336 g/mol. The molecule has 0 radical (unpaired) electrons. The Bertz CT molecular complexity index is 596. The van der Waals surface area contributed by atoms with Crippen molar-refractivity contribution in [2.75, 3.05) is 0 Å². The van der Waals surface area contributed by atoms with Crippen molar-refractivity contribution in [2.45, 2.75) is 45.8 Å². The van der Waals surface area contributed by atoms with E-state index >= 15 is 0 Å². The molecule has 0 aromatic rings. The van der Waals surface area contributed by atoms with E-state index in [0.29, 0.717) is 0 Å². The van der Waals surface area contributed by atoms with Gasteiger partial charge in [0.05, 0.1) is 5.57 Å². The molecule has 0 heterocycles. The summed E-state index contributed by atoms with van der Waals surface area (Å²) in [5.41, 5.74) is -0.131. The predicted octanol–water partition coefficient (Wildman–Crippen LogP) is -0.999. The van der Waals surface area contributed by atoms with Gasteiger partial charge in [0.15, 0.2) is 11.6 Å². The van der Waals surface area contributed by atoms with Gasteiger partial charge in [-0.1, -0.05) is 39.8 Å². The van der Waals surface area contributed by atoms with Crippen LogP contribution in [-0.2, 0) is 19.7 Å². The summed E-state index contributed by atoms with van der Waals surface area (Å²) in [5.74, 6) is -1.25. The number of hydrogen-bond acceptors (Lipinski definition) is 5. The molecule has 1 rings (SSSR count). The minimum atomic E-state index is -4.78. The smallest absolute Gasteiger partial charge is 0.747 e. The summed E-state index contributed by atoms with van der Waals surface area (Å²) >= 11 is 0. The van der Waals surface area contributed by atoms with E-state index in [1.807, 2.05) is 6.92 Å². The van der Waals surface area contributed by atoms with Crippen molar-refractivity contribution in [3.05, 3.63) is 23.8 Å². The zero-order chi connectivity index (χ0) is 16.4. The van der Waals surface area contributed by atoms with Crippen LogP contribution in [0.4, 0.5) is 0 Å². The summed E-state index contributed by atoms with van der Waals surface area (Å²) in [6, 6.07) is 0. The van der Waals surface area contributed by atoms with Crippen LogP contribution in [0.1, 0.15) is 40.5 Å². The van der Waals surface area contributed by atoms with Crippen LogP contribution in [0.3, 0.4) is 0 Å². The first kappa shape index (κ1) is 21.7. The largest absolute Gasteiger partial charge is 1.00 e. The molecular weight excluding hydrogens is 315 g/mol. The summed E-state index contributed by atoms with van der Waals surface area (Å²) in [4.78, 5) is 24.1. The average Bonchev–Trinajstić information content (AvgIpc) is 2.24. The fraction of sp³-hybridized carbons (Fsp3) is 0.600. The first-order chi connectivity index (χ1) is 9.42. The van der Waals surface area contributed by atoms with Gasteiger partial charge in [-0.15, -0.1) is 0 Å². The molecular formula is C15H21NaO5S. The molecule has 0 bridgehead atoms. The quantitative estimate of drug-likeness (QED) is 0.365. The van der Waals surface area contributed by atoms with Gasteiger partial charge in [-0.05, 0) is 23.8 Å². The van der Waals surface area contributed by atoms with E-state index in [9.17, 15) is 22.6 Å². The molecule has 0 aliphatic heterocycles. The molecule has 5 nitrogen and oxygen atoms in total. The van der Waals surface area contributed by atoms with Crippen LogP contribution in [0.25, 0.3) is 0 Å². The molecule has 0 fully saturated rings. The van der Waals surface area contributed by atoms with E-state index in [2.05, 4.69) is 20.8 Å². The van der Waals surface area contributed by atoms with E-state index in [1.165, 1.54) is 12.2 Å². The van der Waals surface area contributed by atoms with Crippen molar-refractivity contribution in [1.29, 1.82) is 0 Å². The van der Waals surface area contributed by atoms with Gasteiger partial charge in [-0.2, -0.15) is 0 Å². The number of allylic oxidation sites excluding steroid dienone is 3. The van der Waals surface area contributed by atoms with Crippen LogP contribution in [0.5, 0.6) is 0 Å². The van der Waals surface area contributed by atoms with Crippen molar-refractivity contribution in [2.24, 2.45) is 11.3 Å². The Morgan fingerprint density at radius 1 is 1.36 bits per heavy atom. The summed E-state index contributed by atoms with van der Waals surface area (Å²) in [6.07, 6.45) is 4.55. The van der Waals surface area contributed by atoms with E-state index in [4.69, 9.17) is 0 Å². The molecule has 2 atom stereocenters. The Morgan fingerprint density at radius 2 is 1.91 bits per heavy atom. The van der Waals surface area contributed by atoms with Gasteiger partial charge in [-0.25, -0.2) is 8.42 Å². The zero-order valence-corrected chi connectivity index (χ0v) is 16.6. The second-order valence-electron chi connectivity index (χ2n) is 6.74. The maximum absolute atomic E-state index is 12.2. The maximum Gasteiger partial charge on any atom is 1.00 e. The van der Waals surface area contributed by atoms with Gasteiger partial charge in [-0.3, -0.25) is 9.59 Å². The van der Waals surface area contributed by atoms with Crippen LogP contribution in [0.15, 0.2) is 23.8 Å². The fourth-order valence-electron chi connectivity index (χ4n) is 2.58. The van der Waals surface area contributed by atoms with Crippen LogP contribution in [-0.4, -0.2) is 29.8 Å². The Balaban J connectivity index is 0.00000441. The molecule has 1 aliphatic rings. The van der Waals surface area contributed by atoms with Crippen LogP contribution >= 0.6 is 0 Å². The normalized spacial score (nSPS) is 20.1. The number of rotatable bonds is 5. The van der Waals surface area contributed by atoms with Crippen LogP contribution < -0.4 is 29.6 Å². The van der Waals surface area contributed by atoms with Crippen LogP contribution in [0, 0.1) is 11.3 Å². The Kier molecular flexibility index (Phi) is 7.92. The van der Waals surface area contributed by atoms with Crippen molar-refractivity contribution in [3.63, 3.8) is 0 Å². The number of ketones is 2. The number of hydrogen-bond donors (Lipinski definition) is 0. The van der Waals surface area contributed by atoms with Gasteiger partial charge in [0.25, 0.3) is 0 Å². The minimum Gasteiger partial charge on any atom is -0.747 e. The summed E-state index contributed by atoms with van der Waals surface area (Å²) in [5, 5.41) is -1.78. The van der Waals surface area contributed by atoms with Gasteiger partial charge < -0.3 is 4.55 Å². The Morgan fingerprint density at radius 3 is 2.36 bits per heavy atom. The van der Waals surface area contributed by atoms with E-state index < -0.39 is 26.9 Å². The van der Waals surface area contributed by atoms with Crippen molar-refractivity contribution in [1.82, 2.24) is 0 Å². The summed E-state index contributed by atoms with van der Waals surface area (Å²) in [7, 11) is -4.78. The minimum absolute atomic E-state index is 0. The molecule has 0 spiro atoms. The second-order valence-corrected chi connectivity index (χ2v) is 8.23. The van der Waals surface area contributed by atoms with E-state index in [0.717, 1.165) is 12.5 Å². The molecule has 0 saturated heterocycles. The first-order valence-corrected chi connectivity index (χ1v) is 8.29. The first-order valence-electron chi connectivity index (χ1n) is 6.82. The molecule has 0 aromatic heterocycles. The SMILES string of the molecule is CC(CC(=O)C1=CC=CC(S(=O)(=O)[O-])C1=O)CC(C)(C)C.[Na+]. The predicted molar refractivity (Wildman–Crippen MR) is 78.6 cm³/mol. The van der Waals surface area contributed by atoms with Crippen LogP contribution in [0.2, 0.25) is 0 Å². The average molecular weight is 336 g/mol. The molecule has 1 aliphatic carbocycles. The van der Waals surface area contributed by atoms with Crippen molar-refractivity contribution < 1.29 is 52.1 Å². The molecule has 0 saturated carbocycles. The topological polar surface area (TPSA) is 91.3 Å². The van der Waals surface area contributed by atoms with E-state index in [1.54, 1.807) is 0 Å². The van der Waals surface area contributed by atoms with Crippen molar-refractivity contribution >= 4 is 21.7 Å². The zero-order valence-electron chi connectivity index (χ0n) is 13.8. The van der Waals surface area contributed by atoms with Gasteiger partial charge in [0.2, 0.25) is 0 Å². The molecule has 0 aromatic carbocycles. The van der Waals surface area contributed by atoms with Crippen molar-refractivity contribution in [3.8, 4) is 0 Å². The summed E-state index contributed by atoms with van der Waals surface area (Å²) in [6.45, 7) is 8.08. The molecule has 0 amide bonds. The number of carbonyl (C=O) groups is 2. The Hall–Kier alpha value is -0.270. The van der Waals surface area contributed by atoms with E-state index in [-0.39, 0.29) is 52.9 Å². The molecule has 0 N–H and O–H groups in total. The number of Topliss-reactive ketones (excluding diaryl/α,β-unsaturated/α-hetero) is 2. The molecule has 118 valence electrons. The van der Waals surface area contributed by atoms with Gasteiger partial charge >= 0.3 is 29.6 Å². The third-order valence-corrected chi connectivity index (χ3v) is 4.17. The van der Waals surface area contributed by atoms with Gasteiger partial charge in [0.1, 0.15) is 15.4 Å². The molecule has 2 unspecified atom stereocenters. The number of carbonyl (C=O) groups excluding carboxylic acids is 2.